The number of likely N-dealkylation sites (tertiary alicyclic amines) is 1. The third-order valence-electron chi connectivity index (χ3n) is 6.65. The van der Waals surface area contributed by atoms with Gasteiger partial charge in [-0.1, -0.05) is 0 Å². The first-order valence-electron chi connectivity index (χ1n) is 11.1. The highest BCUT2D eigenvalue weighted by molar-refractivity contribution is 14.0. The summed E-state index contributed by atoms with van der Waals surface area (Å²) in [6.07, 6.45) is 2.48. The number of nitrogens with zero attached hydrogens (tertiary/aromatic N) is 4. The predicted molar refractivity (Wildman–Crippen MR) is 131 cm³/mol. The monoisotopic (exact) mass is 539 g/mol. The lowest BCUT2D eigenvalue weighted by atomic mass is 9.96. The third-order valence-corrected chi connectivity index (χ3v) is 7.88. The molecule has 2 atom stereocenters. The maximum atomic E-state index is 5.60. The Morgan fingerprint density at radius 3 is 2.48 bits per heavy atom. The maximum Gasteiger partial charge on any atom is 0.194 e. The van der Waals surface area contributed by atoms with Crippen LogP contribution in [0.2, 0.25) is 0 Å². The highest BCUT2D eigenvalue weighted by Crippen LogP contribution is 2.34. The van der Waals surface area contributed by atoms with Crippen molar-refractivity contribution < 1.29 is 9.47 Å². The molecule has 4 saturated heterocycles. The van der Waals surface area contributed by atoms with Crippen molar-refractivity contribution in [2.24, 2.45) is 4.99 Å². The molecule has 0 aromatic heterocycles. The van der Waals surface area contributed by atoms with E-state index in [2.05, 4.69) is 38.7 Å². The standard InChI is InChI=1S/C20H37N5O2S.HI/c1-2-21-19(24-5-3-18(15-24)23-6-10-26-11-7-23)22-16-20(4-14-28-17-20)25-8-12-27-13-9-25;/h18H,2-17H2,1H3,(H,21,22);1H. The van der Waals surface area contributed by atoms with Gasteiger partial charge in [-0.25, -0.2) is 0 Å². The van der Waals surface area contributed by atoms with Gasteiger partial charge >= 0.3 is 0 Å². The summed E-state index contributed by atoms with van der Waals surface area (Å²) in [5, 5.41) is 3.57. The molecule has 0 aromatic carbocycles. The summed E-state index contributed by atoms with van der Waals surface area (Å²) in [4.78, 5) is 12.9. The van der Waals surface area contributed by atoms with Crippen LogP contribution in [0, 0.1) is 0 Å². The number of aliphatic imine (C=N–C) groups is 1. The molecule has 9 heteroatoms. The zero-order chi connectivity index (χ0) is 19.2. The van der Waals surface area contributed by atoms with Gasteiger partial charge in [0.05, 0.1) is 38.5 Å². The Labute approximate surface area is 197 Å². The van der Waals surface area contributed by atoms with Crippen molar-refractivity contribution in [1.29, 1.82) is 0 Å². The van der Waals surface area contributed by atoms with Crippen molar-refractivity contribution in [2.75, 3.05) is 90.3 Å². The predicted octanol–water partition coefficient (Wildman–Crippen LogP) is 1.18. The molecule has 4 rings (SSSR count). The molecule has 4 aliphatic rings. The second-order valence-corrected chi connectivity index (χ2v) is 9.44. The smallest absolute Gasteiger partial charge is 0.194 e. The number of hydrogen-bond donors (Lipinski definition) is 1. The molecule has 168 valence electrons. The van der Waals surface area contributed by atoms with Crippen LogP contribution < -0.4 is 5.32 Å². The number of nitrogens with one attached hydrogen (secondary N) is 1. The van der Waals surface area contributed by atoms with Crippen molar-refractivity contribution in [3.8, 4) is 0 Å². The van der Waals surface area contributed by atoms with Crippen LogP contribution in [0.3, 0.4) is 0 Å². The van der Waals surface area contributed by atoms with Crippen molar-refractivity contribution >= 4 is 41.7 Å². The molecule has 0 amide bonds. The summed E-state index contributed by atoms with van der Waals surface area (Å²) in [6, 6.07) is 0.642. The Morgan fingerprint density at radius 2 is 1.83 bits per heavy atom. The second-order valence-electron chi connectivity index (χ2n) is 8.33. The van der Waals surface area contributed by atoms with Crippen molar-refractivity contribution in [3.63, 3.8) is 0 Å². The van der Waals surface area contributed by atoms with E-state index in [-0.39, 0.29) is 29.5 Å². The van der Waals surface area contributed by atoms with Crippen LogP contribution >= 0.6 is 35.7 Å². The highest BCUT2D eigenvalue weighted by atomic mass is 127. The molecule has 1 N–H and O–H groups in total. The topological polar surface area (TPSA) is 52.6 Å². The zero-order valence-corrected chi connectivity index (χ0v) is 21.0. The minimum atomic E-state index is 0. The first-order valence-corrected chi connectivity index (χ1v) is 12.2. The number of thioether (sulfide) groups is 1. The lowest BCUT2D eigenvalue weighted by molar-refractivity contribution is -0.0105. The van der Waals surface area contributed by atoms with Crippen molar-refractivity contribution in [2.45, 2.75) is 31.3 Å². The first-order chi connectivity index (χ1) is 13.8. The molecule has 4 aliphatic heterocycles. The van der Waals surface area contributed by atoms with Crippen molar-refractivity contribution in [3.05, 3.63) is 0 Å². The van der Waals surface area contributed by atoms with Gasteiger partial charge in [0.25, 0.3) is 0 Å². The highest BCUT2D eigenvalue weighted by Gasteiger charge is 2.41. The van der Waals surface area contributed by atoms with Gasteiger partial charge in [-0.2, -0.15) is 11.8 Å². The summed E-state index contributed by atoms with van der Waals surface area (Å²) in [5.41, 5.74) is 0.221. The van der Waals surface area contributed by atoms with E-state index in [0.717, 1.165) is 84.7 Å². The fourth-order valence-electron chi connectivity index (χ4n) is 4.93. The van der Waals surface area contributed by atoms with Crippen molar-refractivity contribution in [1.82, 2.24) is 20.0 Å². The van der Waals surface area contributed by atoms with Crippen LogP contribution in [0.1, 0.15) is 19.8 Å². The van der Waals surface area contributed by atoms with Crippen LogP contribution in [0.15, 0.2) is 4.99 Å². The van der Waals surface area contributed by atoms with E-state index in [0.29, 0.717) is 6.04 Å². The van der Waals surface area contributed by atoms with Crippen LogP contribution in [0.5, 0.6) is 0 Å². The molecule has 0 aliphatic carbocycles. The maximum absolute atomic E-state index is 5.60. The van der Waals surface area contributed by atoms with Gasteiger partial charge in [0.2, 0.25) is 0 Å². The van der Waals surface area contributed by atoms with E-state index in [1.807, 2.05) is 0 Å². The normalized spacial score (nSPS) is 32.4. The molecule has 7 nitrogen and oxygen atoms in total. The molecule has 4 heterocycles. The number of hydrogen-bond acceptors (Lipinski definition) is 6. The third kappa shape index (κ3) is 5.91. The Morgan fingerprint density at radius 1 is 1.10 bits per heavy atom. The Balaban J connectivity index is 0.00000240. The van der Waals surface area contributed by atoms with Gasteiger partial charge in [-0.3, -0.25) is 14.8 Å². The average Bonchev–Trinajstić information content (AvgIpc) is 3.43. The Hall–Kier alpha value is 0.190. The largest absolute Gasteiger partial charge is 0.379 e. The number of morpholine rings is 2. The first kappa shape index (κ1) is 23.8. The lowest BCUT2D eigenvalue weighted by Gasteiger charge is -2.42. The van der Waals surface area contributed by atoms with Gasteiger partial charge < -0.3 is 19.7 Å². The summed E-state index contributed by atoms with van der Waals surface area (Å²) < 4.78 is 11.1. The summed E-state index contributed by atoms with van der Waals surface area (Å²) in [7, 11) is 0. The van der Waals surface area contributed by atoms with E-state index in [4.69, 9.17) is 14.5 Å². The summed E-state index contributed by atoms with van der Waals surface area (Å²) in [5.74, 6) is 3.57. The second kappa shape index (κ2) is 11.7. The van der Waals surface area contributed by atoms with E-state index in [9.17, 15) is 0 Å². The van der Waals surface area contributed by atoms with Crippen LogP contribution in [0.25, 0.3) is 0 Å². The molecule has 4 fully saturated rings. The van der Waals surface area contributed by atoms with Crippen LogP contribution in [-0.4, -0.2) is 123 Å². The fourth-order valence-corrected chi connectivity index (χ4v) is 6.40. The Kier molecular flexibility index (Phi) is 9.63. The minimum absolute atomic E-state index is 0. The Bertz CT molecular complexity index is 523. The molecule has 0 spiro atoms. The fraction of sp³-hybridized carbons (Fsp3) is 0.950. The molecule has 0 saturated carbocycles. The number of guanidine groups is 1. The summed E-state index contributed by atoms with van der Waals surface area (Å²) >= 11 is 2.09. The molecular formula is C20H38IN5O2S. The van der Waals surface area contributed by atoms with Gasteiger partial charge in [-0.05, 0) is 25.5 Å². The van der Waals surface area contributed by atoms with E-state index < -0.39 is 0 Å². The van der Waals surface area contributed by atoms with Gasteiger partial charge in [0.15, 0.2) is 5.96 Å². The molecule has 2 unspecified atom stereocenters. The van der Waals surface area contributed by atoms with Gasteiger partial charge in [0, 0.05) is 57.6 Å². The molecule has 0 radical (unpaired) electrons. The number of ether oxygens (including phenoxy) is 2. The molecule has 29 heavy (non-hydrogen) atoms. The van der Waals surface area contributed by atoms with Gasteiger partial charge in [0.1, 0.15) is 0 Å². The molecular weight excluding hydrogens is 501 g/mol. The van der Waals surface area contributed by atoms with Crippen LogP contribution in [-0.2, 0) is 9.47 Å². The van der Waals surface area contributed by atoms with E-state index >= 15 is 0 Å². The zero-order valence-electron chi connectivity index (χ0n) is 17.8. The van der Waals surface area contributed by atoms with Crippen LogP contribution in [0.4, 0.5) is 0 Å². The van der Waals surface area contributed by atoms with E-state index in [1.54, 1.807) is 0 Å². The number of rotatable bonds is 5. The molecule has 0 aromatic rings. The minimum Gasteiger partial charge on any atom is -0.379 e. The molecule has 0 bridgehead atoms. The van der Waals surface area contributed by atoms with E-state index in [1.165, 1.54) is 24.3 Å². The lowest BCUT2D eigenvalue weighted by Crippen LogP contribution is -2.56. The average molecular weight is 540 g/mol. The van der Waals surface area contributed by atoms with Gasteiger partial charge in [-0.15, -0.1) is 24.0 Å². The summed E-state index contributed by atoms with van der Waals surface area (Å²) in [6.45, 7) is 13.9. The number of halogens is 1. The quantitative estimate of drug-likeness (QED) is 0.320. The SMILES string of the molecule is CCNC(=NCC1(N2CCOCC2)CCSC1)N1CCC(N2CCOCC2)C1.I.